The average molecular weight is 233 g/mol. The third kappa shape index (κ3) is 4.06. The van der Waals surface area contributed by atoms with Gasteiger partial charge in [0.25, 0.3) is 0 Å². The lowest BCUT2D eigenvalue weighted by Gasteiger charge is -2.21. The molecule has 16 heavy (non-hydrogen) atoms. The minimum absolute atomic E-state index is 0.114. The highest BCUT2D eigenvalue weighted by Crippen LogP contribution is 2.18. The number of hydrogen-bond acceptors (Lipinski definition) is 3. The summed E-state index contributed by atoms with van der Waals surface area (Å²) in [5.41, 5.74) is 6.52. The number of nitrogen functional groups attached to an aromatic ring is 1. The molecule has 0 unspecified atom stereocenters. The molecule has 90 valence electrons. The van der Waals surface area contributed by atoms with Crippen molar-refractivity contribution < 1.29 is 13.2 Å². The van der Waals surface area contributed by atoms with E-state index in [4.69, 9.17) is 5.73 Å². The Kier molecular flexibility index (Phi) is 4.12. The molecule has 2 N–H and O–H groups in total. The fraction of sp³-hybridized carbons (Fsp3) is 0.500. The van der Waals surface area contributed by atoms with Crippen molar-refractivity contribution in [3.05, 3.63) is 24.0 Å². The van der Waals surface area contributed by atoms with Crippen molar-refractivity contribution in [3.63, 3.8) is 0 Å². The number of alkyl halides is 3. The molecule has 1 aromatic heterocycles. The van der Waals surface area contributed by atoms with E-state index in [1.807, 2.05) is 0 Å². The van der Waals surface area contributed by atoms with E-state index in [2.05, 4.69) is 4.98 Å². The molecule has 6 heteroatoms. The molecule has 0 saturated carbocycles. The van der Waals surface area contributed by atoms with E-state index in [1.54, 1.807) is 19.1 Å². The Labute approximate surface area is 92.1 Å². The van der Waals surface area contributed by atoms with Crippen molar-refractivity contribution in [2.24, 2.45) is 0 Å². The summed E-state index contributed by atoms with van der Waals surface area (Å²) in [7, 11) is 0. The zero-order valence-corrected chi connectivity index (χ0v) is 8.96. The average Bonchev–Trinajstić information content (AvgIpc) is 2.18. The molecule has 0 aliphatic heterocycles. The van der Waals surface area contributed by atoms with Crippen molar-refractivity contribution in [1.29, 1.82) is 0 Å². The van der Waals surface area contributed by atoms with Gasteiger partial charge in [-0.1, -0.05) is 6.92 Å². The van der Waals surface area contributed by atoms with Crippen molar-refractivity contribution >= 4 is 5.69 Å². The normalized spacial score (nSPS) is 12.1. The van der Waals surface area contributed by atoms with Crippen LogP contribution >= 0.6 is 0 Å². The molecule has 0 saturated heterocycles. The number of nitrogens with two attached hydrogens (primary N) is 1. The molecule has 0 aliphatic rings. The summed E-state index contributed by atoms with van der Waals surface area (Å²) < 4.78 is 36.6. The van der Waals surface area contributed by atoms with E-state index in [0.29, 0.717) is 17.9 Å². The second-order valence-electron chi connectivity index (χ2n) is 3.46. The van der Waals surface area contributed by atoms with Crippen LogP contribution in [0.3, 0.4) is 0 Å². The SMILES string of the molecule is CCN(Cc1ncccc1N)CC(F)(F)F. The summed E-state index contributed by atoms with van der Waals surface area (Å²) in [6.07, 6.45) is -2.67. The van der Waals surface area contributed by atoms with Crippen LogP contribution < -0.4 is 5.73 Å². The van der Waals surface area contributed by atoms with Crippen LogP contribution in [-0.2, 0) is 6.54 Å². The molecule has 0 fully saturated rings. The van der Waals surface area contributed by atoms with E-state index in [1.165, 1.54) is 11.1 Å². The summed E-state index contributed by atoms with van der Waals surface area (Å²) in [5, 5.41) is 0. The molecule has 0 aromatic carbocycles. The van der Waals surface area contributed by atoms with Gasteiger partial charge < -0.3 is 5.73 Å². The predicted molar refractivity (Wildman–Crippen MR) is 55.7 cm³/mol. The van der Waals surface area contributed by atoms with Crippen molar-refractivity contribution in [3.8, 4) is 0 Å². The van der Waals surface area contributed by atoms with Gasteiger partial charge in [0.05, 0.1) is 17.9 Å². The maximum atomic E-state index is 12.2. The van der Waals surface area contributed by atoms with E-state index < -0.39 is 12.7 Å². The van der Waals surface area contributed by atoms with E-state index in [-0.39, 0.29) is 6.54 Å². The molecule has 0 amide bonds. The zero-order chi connectivity index (χ0) is 12.2. The number of rotatable bonds is 4. The zero-order valence-electron chi connectivity index (χ0n) is 8.96. The fourth-order valence-electron chi connectivity index (χ4n) is 1.33. The van der Waals surface area contributed by atoms with E-state index >= 15 is 0 Å². The van der Waals surface area contributed by atoms with Gasteiger partial charge in [0.2, 0.25) is 0 Å². The van der Waals surface area contributed by atoms with Crippen LogP contribution in [-0.4, -0.2) is 29.1 Å². The molecule has 0 atom stereocenters. The Bertz CT molecular complexity index is 338. The van der Waals surface area contributed by atoms with Gasteiger partial charge >= 0.3 is 6.18 Å². The Morgan fingerprint density at radius 3 is 2.62 bits per heavy atom. The molecular formula is C10H14F3N3. The first kappa shape index (κ1) is 12.8. The second kappa shape index (κ2) is 5.16. The Hall–Kier alpha value is -1.30. The van der Waals surface area contributed by atoms with Gasteiger partial charge in [0, 0.05) is 12.7 Å². The lowest BCUT2D eigenvalue weighted by Crippen LogP contribution is -2.34. The smallest absolute Gasteiger partial charge is 0.397 e. The third-order valence-electron chi connectivity index (χ3n) is 2.15. The first-order valence-corrected chi connectivity index (χ1v) is 4.91. The van der Waals surface area contributed by atoms with Crippen LogP contribution in [0.5, 0.6) is 0 Å². The van der Waals surface area contributed by atoms with Crippen LogP contribution in [0.1, 0.15) is 12.6 Å². The van der Waals surface area contributed by atoms with Crippen LogP contribution in [0.15, 0.2) is 18.3 Å². The highest BCUT2D eigenvalue weighted by atomic mass is 19.4. The molecule has 1 aromatic rings. The van der Waals surface area contributed by atoms with Gasteiger partial charge in [-0.25, -0.2) is 0 Å². The minimum Gasteiger partial charge on any atom is -0.397 e. The summed E-state index contributed by atoms with van der Waals surface area (Å²) in [4.78, 5) is 5.21. The van der Waals surface area contributed by atoms with Gasteiger partial charge in [-0.2, -0.15) is 13.2 Å². The Morgan fingerprint density at radius 2 is 2.12 bits per heavy atom. The highest BCUT2D eigenvalue weighted by molar-refractivity contribution is 5.41. The maximum Gasteiger partial charge on any atom is 0.401 e. The fourth-order valence-corrected chi connectivity index (χ4v) is 1.33. The minimum atomic E-state index is -4.19. The van der Waals surface area contributed by atoms with Gasteiger partial charge in [-0.3, -0.25) is 9.88 Å². The molecule has 0 aliphatic carbocycles. The molecule has 0 spiro atoms. The van der Waals surface area contributed by atoms with Crippen LogP contribution in [0, 0.1) is 0 Å². The van der Waals surface area contributed by atoms with Crippen molar-refractivity contribution in [2.75, 3.05) is 18.8 Å². The number of nitrogens with zero attached hydrogens (tertiary/aromatic N) is 2. The molecule has 0 radical (unpaired) electrons. The first-order valence-electron chi connectivity index (χ1n) is 4.91. The number of aromatic nitrogens is 1. The largest absolute Gasteiger partial charge is 0.401 e. The number of pyridine rings is 1. The van der Waals surface area contributed by atoms with Crippen molar-refractivity contribution in [2.45, 2.75) is 19.6 Å². The van der Waals surface area contributed by atoms with Gasteiger partial charge in [-0.15, -0.1) is 0 Å². The summed E-state index contributed by atoms with van der Waals surface area (Å²) in [6, 6.07) is 3.28. The molecule has 1 heterocycles. The monoisotopic (exact) mass is 233 g/mol. The van der Waals surface area contributed by atoms with Crippen LogP contribution in [0.4, 0.5) is 18.9 Å². The van der Waals surface area contributed by atoms with Crippen LogP contribution in [0.25, 0.3) is 0 Å². The van der Waals surface area contributed by atoms with E-state index in [9.17, 15) is 13.2 Å². The lowest BCUT2D eigenvalue weighted by molar-refractivity contribution is -0.146. The number of anilines is 1. The Balaban J connectivity index is 2.67. The highest BCUT2D eigenvalue weighted by Gasteiger charge is 2.30. The summed E-state index contributed by atoms with van der Waals surface area (Å²) in [5.74, 6) is 0. The van der Waals surface area contributed by atoms with Gasteiger partial charge in [-0.05, 0) is 18.7 Å². The molecule has 0 bridgehead atoms. The summed E-state index contributed by atoms with van der Waals surface area (Å²) in [6.45, 7) is 1.14. The maximum absolute atomic E-state index is 12.2. The van der Waals surface area contributed by atoms with Crippen LogP contribution in [0.2, 0.25) is 0 Å². The van der Waals surface area contributed by atoms with Gasteiger partial charge in [0.15, 0.2) is 0 Å². The molecular weight excluding hydrogens is 219 g/mol. The number of hydrogen-bond donors (Lipinski definition) is 1. The third-order valence-corrected chi connectivity index (χ3v) is 2.15. The topological polar surface area (TPSA) is 42.2 Å². The van der Waals surface area contributed by atoms with Crippen molar-refractivity contribution in [1.82, 2.24) is 9.88 Å². The first-order chi connectivity index (χ1) is 7.42. The Morgan fingerprint density at radius 1 is 1.44 bits per heavy atom. The van der Waals surface area contributed by atoms with E-state index in [0.717, 1.165) is 0 Å². The standard InChI is InChI=1S/C10H14F3N3/c1-2-16(7-10(11,12)13)6-9-8(14)4-3-5-15-9/h3-5H,2,6-7,14H2,1H3. The number of halogens is 3. The predicted octanol–water partition coefficient (Wildman–Crippen LogP) is 2.05. The van der Waals surface area contributed by atoms with Gasteiger partial charge in [0.1, 0.15) is 0 Å². The molecule has 3 nitrogen and oxygen atoms in total. The quantitative estimate of drug-likeness (QED) is 0.865. The second-order valence-corrected chi connectivity index (χ2v) is 3.46. The lowest BCUT2D eigenvalue weighted by atomic mass is 10.3. The molecule has 1 rings (SSSR count). The summed E-state index contributed by atoms with van der Waals surface area (Å²) >= 11 is 0.